The van der Waals surface area contributed by atoms with E-state index in [2.05, 4.69) is 6.58 Å². The van der Waals surface area contributed by atoms with Crippen molar-refractivity contribution >= 4 is 40.6 Å². The van der Waals surface area contributed by atoms with Crippen molar-refractivity contribution in [2.24, 2.45) is 0 Å². The highest BCUT2D eigenvalue weighted by molar-refractivity contribution is 8.18. The van der Waals surface area contributed by atoms with Crippen molar-refractivity contribution in [3.05, 3.63) is 52.4 Å². The van der Waals surface area contributed by atoms with Gasteiger partial charge in [0.1, 0.15) is 0 Å². The van der Waals surface area contributed by atoms with Crippen LogP contribution in [0.15, 0.2) is 41.8 Å². The second-order valence-corrected chi connectivity index (χ2v) is 5.00. The van der Waals surface area contributed by atoms with Crippen molar-refractivity contribution in [3.8, 4) is 0 Å². The largest absolute Gasteiger partial charge is 0.293 e. The Labute approximate surface area is 114 Å². The van der Waals surface area contributed by atoms with E-state index in [0.29, 0.717) is 9.93 Å². The van der Waals surface area contributed by atoms with E-state index >= 15 is 0 Å². The molecule has 0 atom stereocenters. The van der Waals surface area contributed by atoms with E-state index in [-0.39, 0.29) is 17.7 Å². The van der Waals surface area contributed by atoms with Gasteiger partial charge in [-0.3, -0.25) is 14.5 Å². The van der Waals surface area contributed by atoms with Gasteiger partial charge in [-0.1, -0.05) is 35.9 Å². The highest BCUT2D eigenvalue weighted by Gasteiger charge is 2.34. The maximum absolute atomic E-state index is 11.9. The molecule has 0 aromatic heterocycles. The summed E-state index contributed by atoms with van der Waals surface area (Å²) in [5, 5.41) is 0.270. The van der Waals surface area contributed by atoms with Gasteiger partial charge >= 0.3 is 0 Å². The second-order valence-electron chi connectivity index (χ2n) is 3.60. The number of hydrogen-bond donors (Lipinski definition) is 0. The van der Waals surface area contributed by atoms with E-state index < -0.39 is 0 Å². The Hall–Kier alpha value is -1.52. The maximum Gasteiger partial charge on any atom is 0.293 e. The van der Waals surface area contributed by atoms with Gasteiger partial charge < -0.3 is 0 Å². The van der Waals surface area contributed by atoms with E-state index in [1.807, 2.05) is 12.1 Å². The van der Waals surface area contributed by atoms with Crippen LogP contribution in [0.2, 0.25) is 5.02 Å². The van der Waals surface area contributed by atoms with E-state index in [0.717, 1.165) is 22.2 Å². The Morgan fingerprint density at radius 1 is 1.33 bits per heavy atom. The first-order valence-corrected chi connectivity index (χ1v) is 6.43. The Kier molecular flexibility index (Phi) is 3.89. The SMILES string of the molecule is C=CCN1C(=O)S/C(=C/c2ccccc2Cl)C1=O. The summed E-state index contributed by atoms with van der Waals surface area (Å²) in [5.41, 5.74) is 0.725. The number of benzene rings is 1. The number of thioether (sulfide) groups is 1. The molecule has 2 amide bonds. The number of rotatable bonds is 3. The molecular formula is C13H10ClNO2S. The lowest BCUT2D eigenvalue weighted by Crippen LogP contribution is -2.27. The smallest absolute Gasteiger partial charge is 0.268 e. The number of carbonyl (C=O) groups excluding carboxylic acids is 2. The molecule has 3 nitrogen and oxygen atoms in total. The number of nitrogens with zero attached hydrogens (tertiary/aromatic N) is 1. The van der Waals surface area contributed by atoms with Gasteiger partial charge in [0, 0.05) is 11.6 Å². The zero-order valence-electron chi connectivity index (χ0n) is 9.43. The highest BCUT2D eigenvalue weighted by Crippen LogP contribution is 2.33. The van der Waals surface area contributed by atoms with Crippen molar-refractivity contribution < 1.29 is 9.59 Å². The van der Waals surface area contributed by atoms with Crippen LogP contribution in [-0.2, 0) is 4.79 Å². The Morgan fingerprint density at radius 3 is 2.72 bits per heavy atom. The molecule has 1 fully saturated rings. The average molecular weight is 280 g/mol. The fourth-order valence-electron chi connectivity index (χ4n) is 1.52. The minimum absolute atomic E-state index is 0.227. The Morgan fingerprint density at radius 2 is 2.06 bits per heavy atom. The normalized spacial score (nSPS) is 17.6. The Balaban J connectivity index is 2.31. The average Bonchev–Trinajstić information content (AvgIpc) is 2.60. The quantitative estimate of drug-likeness (QED) is 0.627. The first kappa shape index (κ1) is 12.9. The summed E-state index contributed by atoms with van der Waals surface area (Å²) >= 11 is 6.92. The molecule has 1 saturated heterocycles. The minimum Gasteiger partial charge on any atom is -0.268 e. The summed E-state index contributed by atoms with van der Waals surface area (Å²) in [6, 6.07) is 7.17. The molecule has 0 saturated carbocycles. The molecular weight excluding hydrogens is 270 g/mol. The summed E-state index contributed by atoms with van der Waals surface area (Å²) in [5.74, 6) is -0.301. The third-order valence-corrected chi connectivity index (χ3v) is 3.63. The van der Waals surface area contributed by atoms with Gasteiger partial charge in [0.2, 0.25) is 0 Å². The van der Waals surface area contributed by atoms with Crippen molar-refractivity contribution in [1.29, 1.82) is 0 Å². The third kappa shape index (κ3) is 2.49. The number of carbonyl (C=O) groups is 2. The van der Waals surface area contributed by atoms with Crippen LogP contribution in [0, 0.1) is 0 Å². The molecule has 18 heavy (non-hydrogen) atoms. The number of imide groups is 1. The van der Waals surface area contributed by atoms with E-state index in [9.17, 15) is 9.59 Å². The fraction of sp³-hybridized carbons (Fsp3) is 0.0769. The van der Waals surface area contributed by atoms with Crippen LogP contribution < -0.4 is 0 Å². The van der Waals surface area contributed by atoms with Gasteiger partial charge in [0.15, 0.2) is 0 Å². The molecule has 0 radical (unpaired) electrons. The molecule has 5 heteroatoms. The molecule has 0 aliphatic carbocycles. The van der Waals surface area contributed by atoms with Gasteiger partial charge in [-0.15, -0.1) is 6.58 Å². The number of hydrogen-bond acceptors (Lipinski definition) is 3. The van der Waals surface area contributed by atoms with E-state index in [4.69, 9.17) is 11.6 Å². The van der Waals surface area contributed by atoms with Crippen LogP contribution in [0.25, 0.3) is 6.08 Å². The molecule has 1 aliphatic heterocycles. The molecule has 0 spiro atoms. The molecule has 0 bridgehead atoms. The second kappa shape index (κ2) is 5.42. The van der Waals surface area contributed by atoms with Crippen LogP contribution in [0.5, 0.6) is 0 Å². The van der Waals surface area contributed by atoms with Crippen LogP contribution >= 0.6 is 23.4 Å². The van der Waals surface area contributed by atoms with Crippen molar-refractivity contribution in [3.63, 3.8) is 0 Å². The predicted molar refractivity (Wildman–Crippen MR) is 74.3 cm³/mol. The monoisotopic (exact) mass is 279 g/mol. The molecule has 1 aromatic carbocycles. The topological polar surface area (TPSA) is 37.4 Å². The van der Waals surface area contributed by atoms with Crippen molar-refractivity contribution in [1.82, 2.24) is 4.90 Å². The van der Waals surface area contributed by atoms with E-state index in [1.54, 1.807) is 18.2 Å². The molecule has 1 aromatic rings. The van der Waals surface area contributed by atoms with Crippen LogP contribution in [0.1, 0.15) is 5.56 Å². The van der Waals surface area contributed by atoms with Crippen molar-refractivity contribution in [2.45, 2.75) is 0 Å². The van der Waals surface area contributed by atoms with E-state index in [1.165, 1.54) is 6.08 Å². The molecule has 0 unspecified atom stereocenters. The molecule has 2 rings (SSSR count). The summed E-state index contributed by atoms with van der Waals surface area (Å²) in [7, 11) is 0. The van der Waals surface area contributed by atoms with Crippen molar-refractivity contribution in [2.75, 3.05) is 6.54 Å². The van der Waals surface area contributed by atoms with Gasteiger partial charge in [0.05, 0.1) is 4.91 Å². The summed E-state index contributed by atoms with van der Waals surface area (Å²) in [6.45, 7) is 3.75. The van der Waals surface area contributed by atoms with Gasteiger partial charge in [0.25, 0.3) is 11.1 Å². The lowest BCUT2D eigenvalue weighted by atomic mass is 10.2. The minimum atomic E-state index is -0.301. The number of halogens is 1. The van der Waals surface area contributed by atoms with Gasteiger partial charge in [-0.2, -0.15) is 0 Å². The van der Waals surface area contributed by atoms with Gasteiger partial charge in [-0.05, 0) is 29.5 Å². The number of amides is 2. The summed E-state index contributed by atoms with van der Waals surface area (Å²) in [4.78, 5) is 25.1. The third-order valence-electron chi connectivity index (χ3n) is 2.38. The van der Waals surface area contributed by atoms with Crippen LogP contribution in [0.4, 0.5) is 4.79 Å². The lowest BCUT2D eigenvalue weighted by molar-refractivity contribution is -0.122. The first-order chi connectivity index (χ1) is 8.63. The predicted octanol–water partition coefficient (Wildman–Crippen LogP) is 3.56. The van der Waals surface area contributed by atoms with Crippen LogP contribution in [0.3, 0.4) is 0 Å². The standard InChI is InChI=1S/C13H10ClNO2S/c1-2-7-15-12(16)11(18-13(15)17)8-9-5-3-4-6-10(9)14/h2-6,8H,1,7H2/b11-8+. The Bertz CT molecular complexity index is 554. The molecule has 1 aliphatic rings. The van der Waals surface area contributed by atoms with Gasteiger partial charge in [-0.25, -0.2) is 0 Å². The molecule has 0 N–H and O–H groups in total. The fourth-order valence-corrected chi connectivity index (χ4v) is 2.55. The zero-order chi connectivity index (χ0) is 13.1. The van der Waals surface area contributed by atoms with Crippen LogP contribution in [-0.4, -0.2) is 22.6 Å². The zero-order valence-corrected chi connectivity index (χ0v) is 11.0. The summed E-state index contributed by atoms with van der Waals surface area (Å²) < 4.78 is 0. The molecule has 1 heterocycles. The summed E-state index contributed by atoms with van der Waals surface area (Å²) in [6.07, 6.45) is 3.16. The highest BCUT2D eigenvalue weighted by atomic mass is 35.5. The lowest BCUT2D eigenvalue weighted by Gasteiger charge is -2.07. The molecule has 92 valence electrons. The maximum atomic E-state index is 11.9. The first-order valence-electron chi connectivity index (χ1n) is 5.24.